The molecule has 0 aliphatic rings. The maximum Gasteiger partial charge on any atom is 0.269 e. The van der Waals surface area contributed by atoms with E-state index in [-0.39, 0.29) is 12.2 Å². The number of hydrogen-bond donors (Lipinski definition) is 1. The Kier molecular flexibility index (Phi) is 4.07. The van der Waals surface area contributed by atoms with E-state index in [1.54, 1.807) is 47.7 Å². The summed E-state index contributed by atoms with van der Waals surface area (Å²) in [6.45, 7) is 0.201. The Labute approximate surface area is 131 Å². The number of aromatic nitrogens is 4. The number of nitro groups is 1. The fourth-order valence-electron chi connectivity index (χ4n) is 2.24. The minimum atomic E-state index is -0.903. The summed E-state index contributed by atoms with van der Waals surface area (Å²) >= 11 is 0. The van der Waals surface area contributed by atoms with E-state index < -0.39 is 11.0 Å². The van der Waals surface area contributed by atoms with Crippen LogP contribution >= 0.6 is 0 Å². The highest BCUT2D eigenvalue weighted by Gasteiger charge is 2.15. The third kappa shape index (κ3) is 3.22. The molecule has 0 aliphatic carbocycles. The van der Waals surface area contributed by atoms with Crippen molar-refractivity contribution in [1.29, 1.82) is 0 Å². The van der Waals surface area contributed by atoms with Crippen LogP contribution in [0.15, 0.2) is 55.2 Å². The molecule has 1 aromatic carbocycles. The van der Waals surface area contributed by atoms with Crippen LogP contribution in [-0.4, -0.2) is 29.5 Å². The third-order valence-corrected chi connectivity index (χ3v) is 3.34. The van der Waals surface area contributed by atoms with E-state index in [2.05, 4.69) is 15.0 Å². The quantitative estimate of drug-likeness (QED) is 0.570. The first-order valence-corrected chi connectivity index (χ1v) is 6.85. The first kappa shape index (κ1) is 14.8. The first-order valence-electron chi connectivity index (χ1n) is 6.85. The Balaban J connectivity index is 1.84. The molecule has 1 atom stereocenters. The molecule has 8 heteroatoms. The Morgan fingerprint density at radius 3 is 2.87 bits per heavy atom. The van der Waals surface area contributed by atoms with Gasteiger partial charge in [-0.1, -0.05) is 12.1 Å². The highest BCUT2D eigenvalue weighted by molar-refractivity contribution is 5.47. The maximum atomic E-state index is 10.8. The van der Waals surface area contributed by atoms with Crippen LogP contribution in [0.25, 0.3) is 11.5 Å². The standard InChI is InChI=1S/C15H13N5O3/c21-14(11-2-1-3-12(8-11)20(22)23)10-19-7-6-18-15(19)13-9-16-4-5-17-13/h1-9,14,21H,10H2. The van der Waals surface area contributed by atoms with Gasteiger partial charge in [0.25, 0.3) is 5.69 Å². The SMILES string of the molecule is O=[N+]([O-])c1cccc(C(O)Cn2ccnc2-c2cnccn2)c1. The summed E-state index contributed by atoms with van der Waals surface area (Å²) < 4.78 is 1.73. The van der Waals surface area contributed by atoms with Gasteiger partial charge in [0.15, 0.2) is 5.82 Å². The second-order valence-electron chi connectivity index (χ2n) is 4.86. The second-order valence-corrected chi connectivity index (χ2v) is 4.86. The molecule has 3 rings (SSSR count). The van der Waals surface area contributed by atoms with Crippen LogP contribution in [0.1, 0.15) is 11.7 Å². The molecule has 0 saturated carbocycles. The van der Waals surface area contributed by atoms with Crippen LogP contribution in [0.2, 0.25) is 0 Å². The zero-order valence-corrected chi connectivity index (χ0v) is 12.0. The molecule has 0 bridgehead atoms. The van der Waals surface area contributed by atoms with Gasteiger partial charge in [0.1, 0.15) is 5.69 Å². The van der Waals surface area contributed by atoms with Gasteiger partial charge in [0.2, 0.25) is 0 Å². The number of hydrogen-bond acceptors (Lipinski definition) is 6. The summed E-state index contributed by atoms with van der Waals surface area (Å²) in [5, 5.41) is 21.2. The molecule has 0 aliphatic heterocycles. The van der Waals surface area contributed by atoms with Crippen molar-refractivity contribution in [2.75, 3.05) is 0 Å². The molecular weight excluding hydrogens is 298 g/mol. The largest absolute Gasteiger partial charge is 0.387 e. The molecule has 116 valence electrons. The van der Waals surface area contributed by atoms with E-state index in [1.807, 2.05) is 0 Å². The predicted octanol–water partition coefficient (Wildman–Crippen LogP) is 1.98. The lowest BCUT2D eigenvalue weighted by molar-refractivity contribution is -0.385. The van der Waals surface area contributed by atoms with Gasteiger partial charge in [-0.25, -0.2) is 9.97 Å². The lowest BCUT2D eigenvalue weighted by Crippen LogP contribution is -2.10. The van der Waals surface area contributed by atoms with Crippen LogP contribution in [0.3, 0.4) is 0 Å². The van der Waals surface area contributed by atoms with Crippen molar-refractivity contribution in [2.24, 2.45) is 0 Å². The van der Waals surface area contributed by atoms with Gasteiger partial charge in [-0.3, -0.25) is 15.1 Å². The number of non-ortho nitro benzene ring substituents is 1. The summed E-state index contributed by atoms with van der Waals surface area (Å²) in [6, 6.07) is 5.95. The van der Waals surface area contributed by atoms with Crippen LogP contribution in [0, 0.1) is 10.1 Å². The Morgan fingerprint density at radius 1 is 1.26 bits per heavy atom. The predicted molar refractivity (Wildman–Crippen MR) is 81.3 cm³/mol. The average Bonchev–Trinajstić information content (AvgIpc) is 3.04. The van der Waals surface area contributed by atoms with Gasteiger partial charge in [-0.15, -0.1) is 0 Å². The molecule has 2 aromatic heterocycles. The van der Waals surface area contributed by atoms with Crippen LogP contribution in [-0.2, 0) is 6.54 Å². The van der Waals surface area contributed by atoms with Gasteiger partial charge in [0.05, 0.1) is 23.8 Å². The minimum absolute atomic E-state index is 0.0543. The molecule has 0 fully saturated rings. The number of rotatable bonds is 5. The zero-order valence-electron chi connectivity index (χ0n) is 12.0. The molecule has 1 unspecified atom stereocenters. The highest BCUT2D eigenvalue weighted by Crippen LogP contribution is 2.22. The van der Waals surface area contributed by atoms with Gasteiger partial charge in [-0.05, 0) is 5.56 Å². The molecule has 0 saturated heterocycles. The fraction of sp³-hybridized carbons (Fsp3) is 0.133. The van der Waals surface area contributed by atoms with Gasteiger partial charge >= 0.3 is 0 Å². The molecule has 0 amide bonds. The Hall–Kier alpha value is -3.13. The summed E-state index contributed by atoms with van der Waals surface area (Å²) in [6.07, 6.45) is 7.12. The summed E-state index contributed by atoms with van der Waals surface area (Å²) in [7, 11) is 0. The Bertz CT molecular complexity index is 819. The monoisotopic (exact) mass is 311 g/mol. The number of imidazole rings is 1. The van der Waals surface area contributed by atoms with Gasteiger partial charge in [0, 0.05) is 36.9 Å². The van der Waals surface area contributed by atoms with Gasteiger partial charge in [-0.2, -0.15) is 0 Å². The smallest absolute Gasteiger partial charge is 0.269 e. The molecule has 0 radical (unpaired) electrons. The summed E-state index contributed by atoms with van der Waals surface area (Å²) in [5.74, 6) is 0.572. The van der Waals surface area contributed by atoms with Crippen molar-refractivity contribution in [3.8, 4) is 11.5 Å². The van der Waals surface area contributed by atoms with E-state index >= 15 is 0 Å². The van der Waals surface area contributed by atoms with Crippen molar-refractivity contribution in [3.05, 3.63) is 70.9 Å². The van der Waals surface area contributed by atoms with Crippen LogP contribution < -0.4 is 0 Å². The lowest BCUT2D eigenvalue weighted by Gasteiger charge is -2.13. The highest BCUT2D eigenvalue weighted by atomic mass is 16.6. The number of nitrogens with zero attached hydrogens (tertiary/aromatic N) is 5. The molecule has 2 heterocycles. The van der Waals surface area contributed by atoms with E-state index in [9.17, 15) is 15.2 Å². The number of aliphatic hydroxyl groups is 1. The van der Waals surface area contributed by atoms with E-state index in [0.29, 0.717) is 17.1 Å². The van der Waals surface area contributed by atoms with Crippen molar-refractivity contribution < 1.29 is 10.0 Å². The van der Waals surface area contributed by atoms with Crippen molar-refractivity contribution in [1.82, 2.24) is 19.5 Å². The number of aliphatic hydroxyl groups excluding tert-OH is 1. The average molecular weight is 311 g/mol. The summed E-state index contributed by atoms with van der Waals surface area (Å²) in [5.41, 5.74) is 1.00. The topological polar surface area (TPSA) is 107 Å². The molecule has 8 nitrogen and oxygen atoms in total. The third-order valence-electron chi connectivity index (χ3n) is 3.34. The van der Waals surface area contributed by atoms with Crippen molar-refractivity contribution in [3.63, 3.8) is 0 Å². The zero-order chi connectivity index (χ0) is 16.2. The van der Waals surface area contributed by atoms with Gasteiger partial charge < -0.3 is 9.67 Å². The molecule has 23 heavy (non-hydrogen) atoms. The molecule has 1 N–H and O–H groups in total. The molecule has 0 spiro atoms. The van der Waals surface area contributed by atoms with E-state index in [1.165, 1.54) is 12.1 Å². The van der Waals surface area contributed by atoms with Crippen molar-refractivity contribution in [2.45, 2.75) is 12.6 Å². The maximum absolute atomic E-state index is 10.8. The van der Waals surface area contributed by atoms with E-state index in [4.69, 9.17) is 0 Å². The lowest BCUT2D eigenvalue weighted by atomic mass is 10.1. The number of benzene rings is 1. The first-order chi connectivity index (χ1) is 11.1. The minimum Gasteiger partial charge on any atom is -0.387 e. The molecule has 3 aromatic rings. The number of nitro benzene ring substituents is 1. The molecular formula is C15H13N5O3. The van der Waals surface area contributed by atoms with Crippen molar-refractivity contribution >= 4 is 5.69 Å². The fourth-order valence-corrected chi connectivity index (χ4v) is 2.24. The summed E-state index contributed by atoms with van der Waals surface area (Å²) in [4.78, 5) is 22.7. The van der Waals surface area contributed by atoms with E-state index in [0.717, 1.165) is 0 Å². The second kappa shape index (κ2) is 6.32. The van der Waals surface area contributed by atoms with Crippen LogP contribution in [0.4, 0.5) is 5.69 Å². The van der Waals surface area contributed by atoms with Crippen LogP contribution in [0.5, 0.6) is 0 Å². The normalized spacial score (nSPS) is 12.0. The Morgan fingerprint density at radius 2 is 2.13 bits per heavy atom.